The number of sulfonamides is 1. The van der Waals surface area contributed by atoms with Crippen LogP contribution < -0.4 is 15.8 Å². The first kappa shape index (κ1) is 17.6. The molecule has 0 spiro atoms. The van der Waals surface area contributed by atoms with Crippen molar-refractivity contribution in [1.82, 2.24) is 15.0 Å². The number of nitrogens with zero attached hydrogens (tertiary/aromatic N) is 4. The summed E-state index contributed by atoms with van der Waals surface area (Å²) in [6.07, 6.45) is 0. The highest BCUT2D eigenvalue weighted by Crippen LogP contribution is 2.25. The van der Waals surface area contributed by atoms with Gasteiger partial charge in [-0.3, -0.25) is 4.31 Å². The van der Waals surface area contributed by atoms with Crippen LogP contribution in [0.2, 0.25) is 0 Å². The number of aryl methyl sites for hydroxylation is 1. The summed E-state index contributed by atoms with van der Waals surface area (Å²) in [7, 11) is -3.84. The Morgan fingerprint density at radius 1 is 0.885 bits per heavy atom. The second-order valence-electron chi connectivity index (χ2n) is 5.63. The Kier molecular flexibility index (Phi) is 4.72. The highest BCUT2D eigenvalue weighted by atomic mass is 32.2. The molecule has 1 heterocycles. The minimum absolute atomic E-state index is 0.0616. The fourth-order valence-electron chi connectivity index (χ4n) is 2.40. The number of anilines is 3. The zero-order valence-electron chi connectivity index (χ0n) is 14.1. The fraction of sp³-hybridized carbons (Fsp3) is 0.118. The molecule has 2 aromatic carbocycles. The Labute approximate surface area is 151 Å². The molecule has 0 saturated heterocycles. The maximum Gasteiger partial charge on any atom is 0.264 e. The topological polar surface area (TPSA) is 128 Å². The maximum absolute atomic E-state index is 13.2. The largest absolute Gasteiger partial charge is 0.368 e. The van der Waals surface area contributed by atoms with Gasteiger partial charge in [-0.15, -0.1) is 0 Å². The number of nitrogens with two attached hydrogens (primary N) is 2. The molecule has 9 heteroatoms. The van der Waals surface area contributed by atoms with Crippen LogP contribution in [-0.2, 0) is 16.6 Å². The van der Waals surface area contributed by atoms with Crippen molar-refractivity contribution in [2.75, 3.05) is 15.8 Å². The second-order valence-corrected chi connectivity index (χ2v) is 7.49. The molecular formula is C17H18N6O2S. The summed E-state index contributed by atoms with van der Waals surface area (Å²) in [5.41, 5.74) is 12.7. The summed E-state index contributed by atoms with van der Waals surface area (Å²) in [5.74, 6) is 0.0389. The van der Waals surface area contributed by atoms with Crippen molar-refractivity contribution >= 4 is 27.6 Å². The average Bonchev–Trinajstić information content (AvgIpc) is 2.60. The van der Waals surface area contributed by atoms with E-state index in [1.165, 1.54) is 16.4 Å². The smallest absolute Gasteiger partial charge is 0.264 e. The van der Waals surface area contributed by atoms with Gasteiger partial charge in [0.05, 0.1) is 17.1 Å². The molecular weight excluding hydrogens is 352 g/mol. The van der Waals surface area contributed by atoms with Crippen molar-refractivity contribution in [1.29, 1.82) is 0 Å². The standard InChI is InChI=1S/C17H18N6O2S/c1-12-7-9-13(10-8-12)23(11-15-20-16(18)22-17(19)21-15)26(24,25)14-5-3-2-4-6-14/h2-10H,11H2,1H3,(H4,18,19,20,21,22). The Morgan fingerprint density at radius 2 is 1.46 bits per heavy atom. The van der Waals surface area contributed by atoms with Gasteiger partial charge in [0, 0.05) is 0 Å². The van der Waals surface area contributed by atoms with Gasteiger partial charge < -0.3 is 11.5 Å². The van der Waals surface area contributed by atoms with E-state index in [-0.39, 0.29) is 29.2 Å². The van der Waals surface area contributed by atoms with Gasteiger partial charge in [0.15, 0.2) is 5.82 Å². The Morgan fingerprint density at radius 3 is 2.04 bits per heavy atom. The molecule has 0 fully saturated rings. The van der Waals surface area contributed by atoms with Crippen LogP contribution in [0.4, 0.5) is 17.6 Å². The zero-order valence-corrected chi connectivity index (χ0v) is 14.9. The minimum atomic E-state index is -3.84. The first-order chi connectivity index (χ1) is 12.4. The SMILES string of the molecule is Cc1ccc(N(Cc2nc(N)nc(N)n2)S(=O)(=O)c2ccccc2)cc1. The van der Waals surface area contributed by atoms with E-state index in [2.05, 4.69) is 15.0 Å². The van der Waals surface area contributed by atoms with E-state index in [1.54, 1.807) is 30.3 Å². The Balaban J connectivity index is 2.09. The zero-order chi connectivity index (χ0) is 18.7. The van der Waals surface area contributed by atoms with Gasteiger partial charge in [0.25, 0.3) is 10.0 Å². The third-order valence-corrected chi connectivity index (χ3v) is 5.44. The van der Waals surface area contributed by atoms with E-state index >= 15 is 0 Å². The lowest BCUT2D eigenvalue weighted by molar-refractivity contribution is 0.589. The van der Waals surface area contributed by atoms with Crippen LogP contribution in [0.5, 0.6) is 0 Å². The van der Waals surface area contributed by atoms with Gasteiger partial charge in [0.1, 0.15) is 0 Å². The van der Waals surface area contributed by atoms with Crippen molar-refractivity contribution in [2.45, 2.75) is 18.4 Å². The summed E-state index contributed by atoms with van der Waals surface area (Å²) in [6.45, 7) is 1.80. The summed E-state index contributed by atoms with van der Waals surface area (Å²) < 4.78 is 27.6. The summed E-state index contributed by atoms with van der Waals surface area (Å²) >= 11 is 0. The lowest BCUT2D eigenvalue weighted by Crippen LogP contribution is -2.31. The van der Waals surface area contributed by atoms with Gasteiger partial charge in [-0.25, -0.2) is 8.42 Å². The van der Waals surface area contributed by atoms with E-state index in [0.29, 0.717) is 5.69 Å². The van der Waals surface area contributed by atoms with Gasteiger partial charge in [0.2, 0.25) is 11.9 Å². The van der Waals surface area contributed by atoms with E-state index in [0.717, 1.165) is 5.56 Å². The molecule has 0 aliphatic carbocycles. The van der Waals surface area contributed by atoms with Crippen molar-refractivity contribution in [2.24, 2.45) is 0 Å². The van der Waals surface area contributed by atoms with E-state index in [1.807, 2.05) is 19.1 Å². The van der Waals surface area contributed by atoms with Crippen LogP contribution in [0.3, 0.4) is 0 Å². The molecule has 1 aromatic heterocycles. The molecule has 0 aliphatic rings. The quantitative estimate of drug-likeness (QED) is 0.700. The molecule has 0 saturated carbocycles. The molecule has 8 nitrogen and oxygen atoms in total. The number of rotatable bonds is 5. The molecule has 4 N–H and O–H groups in total. The molecule has 134 valence electrons. The number of benzene rings is 2. The molecule has 0 aliphatic heterocycles. The first-order valence-electron chi connectivity index (χ1n) is 7.76. The average molecular weight is 370 g/mol. The van der Waals surface area contributed by atoms with Crippen LogP contribution in [-0.4, -0.2) is 23.4 Å². The van der Waals surface area contributed by atoms with Crippen LogP contribution in [0.1, 0.15) is 11.4 Å². The number of aromatic nitrogens is 3. The molecule has 0 bridgehead atoms. The van der Waals surface area contributed by atoms with Crippen molar-refractivity contribution in [3.05, 3.63) is 66.0 Å². The van der Waals surface area contributed by atoms with Crippen LogP contribution >= 0.6 is 0 Å². The predicted molar refractivity (Wildman–Crippen MR) is 99.6 cm³/mol. The summed E-state index contributed by atoms with van der Waals surface area (Å²) in [6, 6.07) is 15.3. The van der Waals surface area contributed by atoms with Crippen molar-refractivity contribution in [3.8, 4) is 0 Å². The highest BCUT2D eigenvalue weighted by molar-refractivity contribution is 7.92. The first-order valence-corrected chi connectivity index (χ1v) is 9.20. The number of hydrogen-bond acceptors (Lipinski definition) is 7. The fourth-order valence-corrected chi connectivity index (χ4v) is 3.84. The summed E-state index contributed by atoms with van der Waals surface area (Å²) in [5, 5.41) is 0. The molecule has 3 aromatic rings. The van der Waals surface area contributed by atoms with Gasteiger partial charge in [-0.05, 0) is 31.2 Å². The molecule has 0 amide bonds. The maximum atomic E-state index is 13.2. The third-order valence-electron chi connectivity index (χ3n) is 3.65. The third kappa shape index (κ3) is 3.72. The molecule has 0 unspecified atom stereocenters. The molecule has 3 rings (SSSR count). The number of nitrogen functional groups attached to an aromatic ring is 2. The highest BCUT2D eigenvalue weighted by Gasteiger charge is 2.26. The molecule has 26 heavy (non-hydrogen) atoms. The van der Waals surface area contributed by atoms with Crippen molar-refractivity contribution < 1.29 is 8.42 Å². The summed E-state index contributed by atoms with van der Waals surface area (Å²) in [4.78, 5) is 11.9. The van der Waals surface area contributed by atoms with E-state index in [9.17, 15) is 8.42 Å². The molecule has 0 atom stereocenters. The van der Waals surface area contributed by atoms with Gasteiger partial charge in [-0.1, -0.05) is 35.9 Å². The normalized spacial score (nSPS) is 11.3. The Hall–Kier alpha value is -3.20. The van der Waals surface area contributed by atoms with E-state index < -0.39 is 10.0 Å². The van der Waals surface area contributed by atoms with Crippen LogP contribution in [0, 0.1) is 6.92 Å². The van der Waals surface area contributed by atoms with Gasteiger partial charge in [-0.2, -0.15) is 15.0 Å². The van der Waals surface area contributed by atoms with Crippen molar-refractivity contribution in [3.63, 3.8) is 0 Å². The predicted octanol–water partition coefficient (Wildman–Crippen LogP) is 1.74. The minimum Gasteiger partial charge on any atom is -0.368 e. The lowest BCUT2D eigenvalue weighted by Gasteiger charge is -2.24. The second kappa shape index (κ2) is 6.96. The number of hydrogen-bond donors (Lipinski definition) is 2. The lowest BCUT2D eigenvalue weighted by atomic mass is 10.2. The Bertz CT molecular complexity index is 987. The monoisotopic (exact) mass is 370 g/mol. The van der Waals surface area contributed by atoms with Crippen LogP contribution in [0.25, 0.3) is 0 Å². The van der Waals surface area contributed by atoms with Crippen LogP contribution in [0.15, 0.2) is 59.5 Å². The molecule has 0 radical (unpaired) electrons. The van der Waals surface area contributed by atoms with Gasteiger partial charge >= 0.3 is 0 Å². The van der Waals surface area contributed by atoms with E-state index in [4.69, 9.17) is 11.5 Å².